The van der Waals surface area contributed by atoms with Crippen molar-refractivity contribution in [2.24, 2.45) is 0 Å². The van der Waals surface area contributed by atoms with Crippen molar-refractivity contribution in [1.82, 2.24) is 0 Å². The van der Waals surface area contributed by atoms with Crippen LogP contribution in [-0.2, 0) is 14.0 Å². The minimum Gasteiger partial charge on any atom is -0.466 e. The van der Waals surface area contributed by atoms with Gasteiger partial charge in [0.25, 0.3) is 0 Å². The smallest absolute Gasteiger partial charge is 0.330 e. The molecule has 0 heterocycles. The van der Waals surface area contributed by atoms with Crippen LogP contribution in [0.2, 0.25) is 18.1 Å². The zero-order valence-electron chi connectivity index (χ0n) is 12.9. The summed E-state index contributed by atoms with van der Waals surface area (Å²) in [7, 11) is -0.231. The highest BCUT2D eigenvalue weighted by Crippen LogP contribution is 2.36. The van der Waals surface area contributed by atoms with Crippen LogP contribution in [0.3, 0.4) is 0 Å². The normalized spacial score (nSPS) is 13.6. The molecule has 0 spiro atoms. The summed E-state index contributed by atoms with van der Waals surface area (Å²) < 4.78 is 10.7. The fourth-order valence-corrected chi connectivity index (χ4v) is 2.31. The average Bonchev–Trinajstić information content (AvgIpc) is 2.22. The third-order valence-electron chi connectivity index (χ3n) is 3.55. The SMILES string of the molecule is COC(=O)/C=C(\C)CCCO[Si](C)(C)C(C)(C)C. The Morgan fingerprint density at radius 3 is 2.28 bits per heavy atom. The van der Waals surface area contributed by atoms with Crippen LogP contribution in [0.15, 0.2) is 11.6 Å². The number of methoxy groups -OCH3 is 1. The molecule has 3 nitrogen and oxygen atoms in total. The van der Waals surface area contributed by atoms with Crippen LogP contribution >= 0.6 is 0 Å². The van der Waals surface area contributed by atoms with Crippen molar-refractivity contribution >= 4 is 14.3 Å². The van der Waals surface area contributed by atoms with Gasteiger partial charge >= 0.3 is 5.97 Å². The van der Waals surface area contributed by atoms with Gasteiger partial charge in [-0.05, 0) is 37.9 Å². The second-order valence-electron chi connectivity index (χ2n) is 6.23. The fraction of sp³-hybridized carbons (Fsp3) is 0.786. The second kappa shape index (κ2) is 7.09. The van der Waals surface area contributed by atoms with Crippen molar-refractivity contribution in [2.45, 2.75) is 58.7 Å². The molecule has 0 amide bonds. The van der Waals surface area contributed by atoms with E-state index in [9.17, 15) is 4.79 Å². The summed E-state index contributed by atoms with van der Waals surface area (Å²) >= 11 is 0. The summed E-state index contributed by atoms with van der Waals surface area (Å²) in [4.78, 5) is 11.0. The molecule has 0 N–H and O–H groups in total. The van der Waals surface area contributed by atoms with E-state index >= 15 is 0 Å². The monoisotopic (exact) mass is 272 g/mol. The predicted molar refractivity (Wildman–Crippen MR) is 78.2 cm³/mol. The number of carbonyl (C=O) groups excluding carboxylic acids is 1. The first-order chi connectivity index (χ1) is 8.10. The molecule has 0 bridgehead atoms. The van der Waals surface area contributed by atoms with Gasteiger partial charge in [0.1, 0.15) is 0 Å². The van der Waals surface area contributed by atoms with E-state index in [0.29, 0.717) is 0 Å². The van der Waals surface area contributed by atoms with Gasteiger partial charge in [-0.15, -0.1) is 0 Å². The maximum atomic E-state index is 11.0. The molecule has 0 unspecified atom stereocenters. The standard InChI is InChI=1S/C14H28O3Si/c1-12(11-13(15)16-5)9-8-10-17-18(6,7)14(2,3)4/h11H,8-10H2,1-7H3/b12-11+. The molecule has 0 saturated heterocycles. The molecule has 0 aromatic carbocycles. The zero-order chi connectivity index (χ0) is 14.4. The van der Waals surface area contributed by atoms with Gasteiger partial charge in [0.05, 0.1) is 7.11 Å². The van der Waals surface area contributed by atoms with E-state index in [1.54, 1.807) is 6.08 Å². The maximum Gasteiger partial charge on any atom is 0.330 e. The van der Waals surface area contributed by atoms with Gasteiger partial charge in [0.15, 0.2) is 8.32 Å². The highest BCUT2D eigenvalue weighted by Gasteiger charge is 2.36. The molecule has 0 aliphatic rings. The number of ether oxygens (including phenoxy) is 1. The number of rotatable bonds is 6. The largest absolute Gasteiger partial charge is 0.466 e. The molecule has 18 heavy (non-hydrogen) atoms. The summed E-state index contributed by atoms with van der Waals surface area (Å²) in [6, 6.07) is 0. The summed E-state index contributed by atoms with van der Waals surface area (Å²) in [5.41, 5.74) is 1.04. The van der Waals surface area contributed by atoms with Crippen LogP contribution in [-0.4, -0.2) is 28.0 Å². The summed E-state index contributed by atoms with van der Waals surface area (Å²) in [5.74, 6) is -0.280. The number of hydrogen-bond donors (Lipinski definition) is 0. The summed E-state index contributed by atoms with van der Waals surface area (Å²) in [6.07, 6.45) is 3.38. The molecule has 0 radical (unpaired) electrons. The van der Waals surface area contributed by atoms with Crippen molar-refractivity contribution in [2.75, 3.05) is 13.7 Å². The lowest BCUT2D eigenvalue weighted by Crippen LogP contribution is -2.40. The van der Waals surface area contributed by atoms with E-state index < -0.39 is 8.32 Å². The Morgan fingerprint density at radius 2 is 1.83 bits per heavy atom. The third kappa shape index (κ3) is 6.35. The molecular weight excluding hydrogens is 244 g/mol. The van der Waals surface area contributed by atoms with Crippen LogP contribution in [0.5, 0.6) is 0 Å². The van der Waals surface area contributed by atoms with E-state index in [2.05, 4.69) is 38.6 Å². The predicted octanol–water partition coefficient (Wildman–Crippen LogP) is 3.91. The Bertz CT molecular complexity index is 301. The first-order valence-corrected chi connectivity index (χ1v) is 9.40. The molecular formula is C14H28O3Si. The highest BCUT2D eigenvalue weighted by atomic mass is 28.4. The van der Waals surface area contributed by atoms with Gasteiger partial charge in [-0.3, -0.25) is 0 Å². The van der Waals surface area contributed by atoms with E-state index in [-0.39, 0.29) is 11.0 Å². The molecule has 0 fully saturated rings. The maximum absolute atomic E-state index is 11.0. The highest BCUT2D eigenvalue weighted by molar-refractivity contribution is 6.74. The fourth-order valence-electron chi connectivity index (χ4n) is 1.23. The van der Waals surface area contributed by atoms with E-state index in [1.807, 2.05) is 6.92 Å². The van der Waals surface area contributed by atoms with Crippen molar-refractivity contribution in [3.05, 3.63) is 11.6 Å². The van der Waals surface area contributed by atoms with Gasteiger partial charge in [-0.2, -0.15) is 0 Å². The van der Waals surface area contributed by atoms with Crippen molar-refractivity contribution in [1.29, 1.82) is 0 Å². The van der Waals surface area contributed by atoms with E-state index in [4.69, 9.17) is 4.43 Å². The van der Waals surface area contributed by atoms with Gasteiger partial charge in [-0.25, -0.2) is 4.79 Å². The molecule has 106 valence electrons. The molecule has 0 aromatic heterocycles. The molecule has 0 aromatic rings. The molecule has 0 aliphatic carbocycles. The minimum atomic E-state index is -1.63. The first-order valence-electron chi connectivity index (χ1n) is 6.49. The summed E-state index contributed by atoms with van der Waals surface area (Å²) in [6.45, 7) is 13.9. The molecule has 0 aliphatic heterocycles. The lowest BCUT2D eigenvalue weighted by atomic mass is 10.1. The first kappa shape index (κ1) is 17.4. The Labute approximate surface area is 113 Å². The van der Waals surface area contributed by atoms with Gasteiger partial charge in [0.2, 0.25) is 0 Å². The Morgan fingerprint density at radius 1 is 1.28 bits per heavy atom. The lowest BCUT2D eigenvalue weighted by Gasteiger charge is -2.36. The van der Waals surface area contributed by atoms with Crippen molar-refractivity contribution in [3.8, 4) is 0 Å². The third-order valence-corrected chi connectivity index (χ3v) is 8.09. The Kier molecular flexibility index (Phi) is 6.85. The average molecular weight is 272 g/mol. The van der Waals surface area contributed by atoms with Crippen LogP contribution in [0.1, 0.15) is 40.5 Å². The van der Waals surface area contributed by atoms with Crippen LogP contribution in [0.4, 0.5) is 0 Å². The second-order valence-corrected chi connectivity index (χ2v) is 11.0. The zero-order valence-corrected chi connectivity index (χ0v) is 13.9. The molecule has 0 atom stereocenters. The van der Waals surface area contributed by atoms with Gasteiger partial charge in [0, 0.05) is 12.7 Å². The number of hydrogen-bond acceptors (Lipinski definition) is 3. The van der Waals surface area contributed by atoms with Crippen LogP contribution in [0.25, 0.3) is 0 Å². The van der Waals surface area contributed by atoms with E-state index in [1.165, 1.54) is 7.11 Å². The molecule has 4 heteroatoms. The Balaban J connectivity index is 4.01. The number of allylic oxidation sites excluding steroid dienone is 1. The van der Waals surface area contributed by atoms with Gasteiger partial charge < -0.3 is 9.16 Å². The Hall–Kier alpha value is -0.613. The topological polar surface area (TPSA) is 35.5 Å². The van der Waals surface area contributed by atoms with Gasteiger partial charge in [-0.1, -0.05) is 26.3 Å². The minimum absolute atomic E-state index is 0.254. The summed E-state index contributed by atoms with van der Waals surface area (Å²) in [5, 5.41) is 0.254. The molecule has 0 saturated carbocycles. The number of esters is 1. The lowest BCUT2D eigenvalue weighted by molar-refractivity contribution is -0.134. The number of carbonyl (C=O) groups is 1. The van der Waals surface area contributed by atoms with Crippen molar-refractivity contribution < 1.29 is 14.0 Å². The van der Waals surface area contributed by atoms with Crippen LogP contribution in [0, 0.1) is 0 Å². The van der Waals surface area contributed by atoms with Crippen molar-refractivity contribution in [3.63, 3.8) is 0 Å². The quantitative estimate of drug-likeness (QED) is 0.318. The van der Waals surface area contributed by atoms with Crippen LogP contribution < -0.4 is 0 Å². The van der Waals surface area contributed by atoms with E-state index in [0.717, 1.165) is 25.0 Å². The molecule has 0 rings (SSSR count).